The Morgan fingerprint density at radius 1 is 1.41 bits per heavy atom. The molecule has 0 bridgehead atoms. The number of nitrogens with zero attached hydrogens (tertiary/aromatic N) is 3. The molecular weight excluding hydrogens is 296 g/mol. The summed E-state index contributed by atoms with van der Waals surface area (Å²) in [6.45, 7) is 5.41. The summed E-state index contributed by atoms with van der Waals surface area (Å²) in [6.07, 6.45) is 0.962. The fraction of sp³-hybridized carbons (Fsp3) is 0.438. The van der Waals surface area contributed by atoms with E-state index in [4.69, 9.17) is 0 Å². The standard InChI is InChI=1S/C16H20N4OS/c1-10-6-13(17-3)7-14(19-10)12-4-5-20(8-12)16(21)15-11(2)18-9-22-15/h6-7,9,12H,4-5,8H2,1-3H3,(H,17,19). The predicted molar refractivity (Wildman–Crippen MR) is 88.6 cm³/mol. The first-order valence-corrected chi connectivity index (χ1v) is 8.32. The lowest BCUT2D eigenvalue weighted by Crippen LogP contribution is -2.28. The number of amides is 1. The van der Waals surface area contributed by atoms with Gasteiger partial charge in [-0.05, 0) is 32.4 Å². The van der Waals surface area contributed by atoms with Crippen LogP contribution in [-0.4, -0.2) is 40.9 Å². The second-order valence-corrected chi connectivity index (χ2v) is 6.53. The van der Waals surface area contributed by atoms with Crippen LogP contribution in [0.5, 0.6) is 0 Å². The van der Waals surface area contributed by atoms with E-state index < -0.39 is 0 Å². The fourth-order valence-corrected chi connectivity index (χ4v) is 3.65. The largest absolute Gasteiger partial charge is 0.388 e. The van der Waals surface area contributed by atoms with Crippen molar-refractivity contribution >= 4 is 22.9 Å². The van der Waals surface area contributed by atoms with Crippen molar-refractivity contribution in [3.8, 4) is 0 Å². The normalized spacial score (nSPS) is 17.8. The number of pyridine rings is 1. The van der Waals surface area contributed by atoms with E-state index in [1.165, 1.54) is 11.3 Å². The van der Waals surface area contributed by atoms with Crippen molar-refractivity contribution < 1.29 is 4.79 Å². The summed E-state index contributed by atoms with van der Waals surface area (Å²) in [6, 6.07) is 4.12. The van der Waals surface area contributed by atoms with Crippen molar-refractivity contribution in [3.05, 3.63) is 39.6 Å². The molecule has 116 valence electrons. The van der Waals surface area contributed by atoms with Gasteiger partial charge in [0.05, 0.1) is 11.2 Å². The molecule has 1 N–H and O–H groups in total. The number of rotatable bonds is 3. The number of nitrogens with one attached hydrogen (secondary N) is 1. The molecule has 0 saturated carbocycles. The SMILES string of the molecule is CNc1cc(C)nc(C2CCN(C(=O)c3scnc3C)C2)c1. The summed E-state index contributed by atoms with van der Waals surface area (Å²) in [5.74, 6) is 0.410. The van der Waals surface area contributed by atoms with Gasteiger partial charge in [-0.3, -0.25) is 9.78 Å². The molecule has 0 aromatic carbocycles. The molecule has 1 unspecified atom stereocenters. The average Bonchev–Trinajstić information content (AvgIpc) is 3.14. The third-order valence-electron chi connectivity index (χ3n) is 4.10. The van der Waals surface area contributed by atoms with E-state index in [-0.39, 0.29) is 5.91 Å². The first-order valence-electron chi connectivity index (χ1n) is 7.44. The molecule has 0 spiro atoms. The van der Waals surface area contributed by atoms with Crippen molar-refractivity contribution in [3.63, 3.8) is 0 Å². The number of hydrogen-bond donors (Lipinski definition) is 1. The van der Waals surface area contributed by atoms with E-state index in [1.54, 1.807) is 5.51 Å². The van der Waals surface area contributed by atoms with Crippen LogP contribution in [0.15, 0.2) is 17.6 Å². The van der Waals surface area contributed by atoms with Crippen LogP contribution in [0, 0.1) is 13.8 Å². The van der Waals surface area contributed by atoms with Gasteiger partial charge >= 0.3 is 0 Å². The highest BCUT2D eigenvalue weighted by atomic mass is 32.1. The van der Waals surface area contributed by atoms with Crippen LogP contribution in [0.2, 0.25) is 0 Å². The molecule has 1 atom stereocenters. The summed E-state index contributed by atoms with van der Waals surface area (Å²) < 4.78 is 0. The van der Waals surface area contributed by atoms with Gasteiger partial charge in [0.1, 0.15) is 4.88 Å². The smallest absolute Gasteiger partial charge is 0.265 e. The molecule has 0 radical (unpaired) electrons. The zero-order valence-corrected chi connectivity index (χ0v) is 13.9. The average molecular weight is 316 g/mol. The molecule has 2 aromatic rings. The molecule has 2 aromatic heterocycles. The van der Waals surface area contributed by atoms with Crippen LogP contribution < -0.4 is 5.32 Å². The van der Waals surface area contributed by atoms with Crippen molar-refractivity contribution in [1.82, 2.24) is 14.9 Å². The molecule has 5 nitrogen and oxygen atoms in total. The topological polar surface area (TPSA) is 58.1 Å². The van der Waals surface area contributed by atoms with Crippen LogP contribution >= 0.6 is 11.3 Å². The van der Waals surface area contributed by atoms with Crippen molar-refractivity contribution in [2.24, 2.45) is 0 Å². The zero-order chi connectivity index (χ0) is 15.7. The molecule has 3 heterocycles. The summed E-state index contributed by atoms with van der Waals surface area (Å²) in [5, 5.41) is 3.17. The van der Waals surface area contributed by atoms with Gasteiger partial charge < -0.3 is 10.2 Å². The van der Waals surface area contributed by atoms with E-state index in [2.05, 4.69) is 21.4 Å². The summed E-state index contributed by atoms with van der Waals surface area (Å²) in [4.78, 5) is 24.1. The van der Waals surface area contributed by atoms with Crippen LogP contribution in [0.4, 0.5) is 5.69 Å². The van der Waals surface area contributed by atoms with Crippen molar-refractivity contribution in [2.45, 2.75) is 26.2 Å². The number of anilines is 1. The molecule has 1 fully saturated rings. The number of carbonyl (C=O) groups excluding carboxylic acids is 1. The number of likely N-dealkylation sites (tertiary alicyclic amines) is 1. The van der Waals surface area contributed by atoms with Crippen LogP contribution in [0.1, 0.15) is 39.1 Å². The number of carbonyl (C=O) groups is 1. The highest BCUT2D eigenvalue weighted by molar-refractivity contribution is 7.11. The Bertz CT molecular complexity index is 697. The Morgan fingerprint density at radius 3 is 2.91 bits per heavy atom. The van der Waals surface area contributed by atoms with Crippen LogP contribution in [-0.2, 0) is 0 Å². The van der Waals surface area contributed by atoms with E-state index in [0.717, 1.165) is 47.2 Å². The zero-order valence-electron chi connectivity index (χ0n) is 13.1. The molecule has 22 heavy (non-hydrogen) atoms. The predicted octanol–water partition coefficient (Wildman–Crippen LogP) is 2.83. The maximum absolute atomic E-state index is 12.6. The second-order valence-electron chi connectivity index (χ2n) is 5.68. The van der Waals surface area contributed by atoms with Gasteiger partial charge in [-0.15, -0.1) is 11.3 Å². The highest BCUT2D eigenvalue weighted by Gasteiger charge is 2.30. The lowest BCUT2D eigenvalue weighted by molar-refractivity contribution is 0.0794. The number of hydrogen-bond acceptors (Lipinski definition) is 5. The van der Waals surface area contributed by atoms with E-state index in [9.17, 15) is 4.79 Å². The Kier molecular flexibility index (Phi) is 4.11. The Balaban J connectivity index is 1.76. The van der Waals surface area contributed by atoms with Crippen molar-refractivity contribution in [2.75, 3.05) is 25.5 Å². The fourth-order valence-electron chi connectivity index (χ4n) is 2.88. The van der Waals surface area contributed by atoms with Gasteiger partial charge in [-0.2, -0.15) is 0 Å². The van der Waals surface area contributed by atoms with Gasteiger partial charge in [0.25, 0.3) is 5.91 Å². The van der Waals surface area contributed by atoms with Gasteiger partial charge in [0.15, 0.2) is 0 Å². The summed E-state index contributed by atoms with van der Waals surface area (Å²) in [5.41, 5.74) is 5.71. The van der Waals surface area contributed by atoms with Gasteiger partial charge in [0.2, 0.25) is 0 Å². The first kappa shape index (κ1) is 15.0. The minimum Gasteiger partial charge on any atom is -0.388 e. The molecule has 1 amide bonds. The van der Waals surface area contributed by atoms with E-state index in [1.807, 2.05) is 31.9 Å². The third kappa shape index (κ3) is 2.83. The monoisotopic (exact) mass is 316 g/mol. The van der Waals surface area contributed by atoms with Crippen molar-refractivity contribution in [1.29, 1.82) is 0 Å². The molecule has 3 rings (SSSR count). The molecular formula is C16H20N4OS. The van der Waals surface area contributed by atoms with E-state index in [0.29, 0.717) is 5.92 Å². The minimum atomic E-state index is 0.101. The Labute approximate surface area is 134 Å². The minimum absolute atomic E-state index is 0.101. The molecule has 1 aliphatic heterocycles. The quantitative estimate of drug-likeness (QED) is 0.946. The number of aryl methyl sites for hydroxylation is 2. The van der Waals surface area contributed by atoms with E-state index >= 15 is 0 Å². The lowest BCUT2D eigenvalue weighted by Gasteiger charge is -2.16. The van der Waals surface area contributed by atoms with Gasteiger partial charge in [-0.1, -0.05) is 0 Å². The highest BCUT2D eigenvalue weighted by Crippen LogP contribution is 2.29. The van der Waals surface area contributed by atoms with Gasteiger partial charge in [0, 0.05) is 43.1 Å². The third-order valence-corrected chi connectivity index (χ3v) is 5.01. The van der Waals surface area contributed by atoms with Crippen LogP contribution in [0.25, 0.3) is 0 Å². The first-order chi connectivity index (χ1) is 10.6. The van der Waals surface area contributed by atoms with Gasteiger partial charge in [-0.25, -0.2) is 4.98 Å². The Hall–Kier alpha value is -1.95. The summed E-state index contributed by atoms with van der Waals surface area (Å²) in [7, 11) is 1.91. The second kappa shape index (κ2) is 6.04. The summed E-state index contributed by atoms with van der Waals surface area (Å²) >= 11 is 1.42. The molecule has 6 heteroatoms. The maximum Gasteiger partial charge on any atom is 0.265 e. The number of thiazole rings is 1. The molecule has 1 aliphatic rings. The molecule has 1 saturated heterocycles. The van der Waals surface area contributed by atoms with Crippen LogP contribution in [0.3, 0.4) is 0 Å². The number of aromatic nitrogens is 2. The Morgan fingerprint density at radius 2 is 2.23 bits per heavy atom. The maximum atomic E-state index is 12.6. The molecule has 0 aliphatic carbocycles. The lowest BCUT2D eigenvalue weighted by atomic mass is 10.0.